The van der Waals surface area contributed by atoms with E-state index in [-0.39, 0.29) is 23.6 Å². The summed E-state index contributed by atoms with van der Waals surface area (Å²) in [6.45, 7) is 3.31. The van der Waals surface area contributed by atoms with E-state index in [4.69, 9.17) is 5.26 Å². The van der Waals surface area contributed by atoms with E-state index in [1.165, 1.54) is 12.1 Å². The molecule has 0 unspecified atom stereocenters. The molecule has 1 aromatic carbocycles. The summed E-state index contributed by atoms with van der Waals surface area (Å²) in [5.41, 5.74) is 1.29. The van der Waals surface area contributed by atoms with Crippen molar-refractivity contribution in [2.45, 2.75) is 25.8 Å². The number of nitro benzene ring substituents is 1. The second kappa shape index (κ2) is 8.69. The molecule has 1 amide bonds. The molecule has 0 radical (unpaired) electrons. The van der Waals surface area contributed by atoms with Gasteiger partial charge >= 0.3 is 0 Å². The van der Waals surface area contributed by atoms with Crippen LogP contribution in [0.1, 0.15) is 36.9 Å². The van der Waals surface area contributed by atoms with Crippen molar-refractivity contribution in [3.05, 3.63) is 63.8 Å². The monoisotopic (exact) mass is 393 g/mol. The van der Waals surface area contributed by atoms with E-state index in [9.17, 15) is 14.9 Å². The molecule has 1 aromatic heterocycles. The van der Waals surface area contributed by atoms with Crippen molar-refractivity contribution in [1.82, 2.24) is 9.88 Å². The van der Waals surface area contributed by atoms with Crippen LogP contribution in [0.25, 0.3) is 0 Å². The van der Waals surface area contributed by atoms with Gasteiger partial charge in [0.15, 0.2) is 0 Å². The van der Waals surface area contributed by atoms with E-state index in [2.05, 4.69) is 16.0 Å². The Morgan fingerprint density at radius 2 is 2.07 bits per heavy atom. The van der Waals surface area contributed by atoms with Crippen molar-refractivity contribution in [2.75, 3.05) is 25.0 Å². The first-order chi connectivity index (χ1) is 13.9. The highest BCUT2D eigenvalue weighted by Crippen LogP contribution is 2.28. The number of carbonyl (C=O) groups is 1. The summed E-state index contributed by atoms with van der Waals surface area (Å²) in [5, 5.41) is 19.9. The maximum Gasteiger partial charge on any atom is 0.269 e. The molecule has 1 aliphatic rings. The van der Waals surface area contributed by atoms with Gasteiger partial charge in [-0.1, -0.05) is 12.1 Å². The number of hydrogen-bond donors (Lipinski definition) is 0. The van der Waals surface area contributed by atoms with E-state index >= 15 is 0 Å². The minimum Gasteiger partial charge on any atom is -0.357 e. The average molecular weight is 393 g/mol. The van der Waals surface area contributed by atoms with Gasteiger partial charge in [-0.15, -0.1) is 0 Å². The molecule has 2 heterocycles. The number of hydrogen-bond acceptors (Lipinski definition) is 6. The molecule has 8 heteroatoms. The Labute approximate surface area is 169 Å². The Morgan fingerprint density at radius 1 is 1.34 bits per heavy atom. The molecule has 0 N–H and O–H groups in total. The molecule has 1 fully saturated rings. The Kier molecular flexibility index (Phi) is 6.07. The molecule has 8 nitrogen and oxygen atoms in total. The van der Waals surface area contributed by atoms with Gasteiger partial charge in [-0.3, -0.25) is 14.9 Å². The van der Waals surface area contributed by atoms with Crippen LogP contribution in [0.4, 0.5) is 11.5 Å². The molecule has 0 aliphatic carbocycles. The van der Waals surface area contributed by atoms with Crippen LogP contribution in [-0.2, 0) is 4.79 Å². The van der Waals surface area contributed by atoms with E-state index in [0.717, 1.165) is 11.4 Å². The Balaban J connectivity index is 1.61. The number of anilines is 1. The molecule has 29 heavy (non-hydrogen) atoms. The number of non-ortho nitro benzene ring substituents is 1. The van der Waals surface area contributed by atoms with Gasteiger partial charge in [0, 0.05) is 44.4 Å². The average Bonchev–Trinajstić information content (AvgIpc) is 2.77. The Morgan fingerprint density at radius 3 is 2.66 bits per heavy atom. The van der Waals surface area contributed by atoms with Crippen LogP contribution in [0, 0.1) is 27.4 Å². The number of nitriles is 1. The first-order valence-electron chi connectivity index (χ1n) is 9.53. The SMILES string of the molecule is C[C@@H](c1cccc([N+](=O)[O-])c1)N(C)C(=O)C1CCN(c2ccc(C#N)cn2)CC1. The van der Waals surface area contributed by atoms with Crippen molar-refractivity contribution in [1.29, 1.82) is 5.26 Å². The lowest BCUT2D eigenvalue weighted by Gasteiger charge is -2.35. The lowest BCUT2D eigenvalue weighted by Crippen LogP contribution is -2.42. The van der Waals surface area contributed by atoms with E-state index in [1.807, 2.05) is 13.0 Å². The van der Waals surface area contributed by atoms with E-state index < -0.39 is 4.92 Å². The third kappa shape index (κ3) is 4.51. The summed E-state index contributed by atoms with van der Waals surface area (Å²) in [6.07, 6.45) is 2.99. The number of amides is 1. The second-order valence-electron chi connectivity index (χ2n) is 7.26. The molecule has 0 spiro atoms. The van der Waals surface area contributed by atoms with Crippen LogP contribution in [-0.4, -0.2) is 40.9 Å². The third-order valence-corrected chi connectivity index (χ3v) is 5.54. The third-order valence-electron chi connectivity index (χ3n) is 5.54. The van der Waals surface area contributed by atoms with Gasteiger partial charge in [-0.05, 0) is 37.5 Å². The summed E-state index contributed by atoms with van der Waals surface area (Å²) in [7, 11) is 1.75. The van der Waals surface area contributed by atoms with Gasteiger partial charge in [-0.2, -0.15) is 5.26 Å². The van der Waals surface area contributed by atoms with Crippen LogP contribution in [0.3, 0.4) is 0 Å². The number of nitrogens with zero attached hydrogens (tertiary/aromatic N) is 5. The van der Waals surface area contributed by atoms with Crippen LogP contribution in [0.5, 0.6) is 0 Å². The van der Waals surface area contributed by atoms with Crippen molar-refractivity contribution in [2.24, 2.45) is 5.92 Å². The van der Waals surface area contributed by atoms with Gasteiger partial charge in [0.25, 0.3) is 5.69 Å². The molecular formula is C21H23N5O3. The maximum atomic E-state index is 13.0. The van der Waals surface area contributed by atoms with Crippen molar-refractivity contribution < 1.29 is 9.72 Å². The molecule has 1 saturated heterocycles. The number of carbonyl (C=O) groups excluding carboxylic acids is 1. The predicted octanol–water partition coefficient (Wildman–Crippen LogP) is 3.30. The lowest BCUT2D eigenvalue weighted by molar-refractivity contribution is -0.384. The van der Waals surface area contributed by atoms with Gasteiger partial charge in [0.2, 0.25) is 5.91 Å². The number of piperidine rings is 1. The first-order valence-corrected chi connectivity index (χ1v) is 9.53. The summed E-state index contributed by atoms with van der Waals surface area (Å²) >= 11 is 0. The number of rotatable bonds is 5. The second-order valence-corrected chi connectivity index (χ2v) is 7.26. The fourth-order valence-corrected chi connectivity index (χ4v) is 3.60. The van der Waals surface area contributed by atoms with Crippen molar-refractivity contribution >= 4 is 17.4 Å². The van der Waals surface area contributed by atoms with Gasteiger partial charge in [0.05, 0.1) is 16.5 Å². The van der Waals surface area contributed by atoms with Gasteiger partial charge in [0.1, 0.15) is 11.9 Å². The standard InChI is InChI=1S/C21H23N5O3/c1-15(18-4-3-5-19(12-18)26(28)29)24(2)21(27)17-8-10-25(11-9-17)20-7-6-16(13-22)14-23-20/h3-7,12,14-15,17H,8-11H2,1-2H3/t15-/m0/s1. The minimum atomic E-state index is -0.426. The summed E-state index contributed by atoms with van der Waals surface area (Å²) in [4.78, 5) is 31.7. The zero-order valence-corrected chi connectivity index (χ0v) is 16.5. The van der Waals surface area contributed by atoms with Gasteiger partial charge < -0.3 is 9.80 Å². The van der Waals surface area contributed by atoms with Crippen molar-refractivity contribution in [3.63, 3.8) is 0 Å². The largest absolute Gasteiger partial charge is 0.357 e. The van der Waals surface area contributed by atoms with Gasteiger partial charge in [-0.25, -0.2) is 4.98 Å². The smallest absolute Gasteiger partial charge is 0.269 e. The number of benzene rings is 1. The quantitative estimate of drug-likeness (QED) is 0.570. The van der Waals surface area contributed by atoms with Crippen LogP contribution < -0.4 is 4.90 Å². The fraction of sp³-hybridized carbons (Fsp3) is 0.381. The first kappa shape index (κ1) is 20.3. The number of pyridine rings is 1. The highest BCUT2D eigenvalue weighted by molar-refractivity contribution is 5.79. The van der Waals surface area contributed by atoms with Crippen LogP contribution in [0.15, 0.2) is 42.6 Å². The maximum absolute atomic E-state index is 13.0. The highest BCUT2D eigenvalue weighted by atomic mass is 16.6. The van der Waals surface area contributed by atoms with Crippen LogP contribution >= 0.6 is 0 Å². The Bertz CT molecular complexity index is 930. The number of nitro groups is 1. The normalized spacial score (nSPS) is 15.4. The lowest BCUT2D eigenvalue weighted by atomic mass is 9.94. The molecule has 3 rings (SSSR count). The molecule has 150 valence electrons. The zero-order chi connectivity index (χ0) is 21.0. The number of aromatic nitrogens is 1. The molecule has 1 aliphatic heterocycles. The molecule has 1 atom stereocenters. The summed E-state index contributed by atoms with van der Waals surface area (Å²) < 4.78 is 0. The van der Waals surface area contributed by atoms with Crippen LogP contribution in [0.2, 0.25) is 0 Å². The molecule has 0 bridgehead atoms. The highest BCUT2D eigenvalue weighted by Gasteiger charge is 2.30. The minimum absolute atomic E-state index is 0.0263. The predicted molar refractivity (Wildman–Crippen MR) is 108 cm³/mol. The summed E-state index contributed by atoms with van der Waals surface area (Å²) in [5.74, 6) is 0.778. The summed E-state index contributed by atoms with van der Waals surface area (Å²) in [6, 6.07) is 11.8. The molecular weight excluding hydrogens is 370 g/mol. The molecule has 0 saturated carbocycles. The Hall–Kier alpha value is -3.47. The van der Waals surface area contributed by atoms with E-state index in [1.54, 1.807) is 36.3 Å². The fourth-order valence-electron chi connectivity index (χ4n) is 3.60. The molecule has 2 aromatic rings. The zero-order valence-electron chi connectivity index (χ0n) is 16.5. The van der Waals surface area contributed by atoms with E-state index in [0.29, 0.717) is 31.5 Å². The van der Waals surface area contributed by atoms with Crippen molar-refractivity contribution in [3.8, 4) is 6.07 Å². The topological polar surface area (TPSA) is 103 Å².